The van der Waals surface area contributed by atoms with Crippen LogP contribution in [0.1, 0.15) is 41.0 Å². The van der Waals surface area contributed by atoms with Gasteiger partial charge in [-0.25, -0.2) is 0 Å². The van der Waals surface area contributed by atoms with E-state index in [1.807, 2.05) is 6.08 Å². The fourth-order valence-corrected chi connectivity index (χ4v) is 4.13. The Kier molecular flexibility index (Phi) is 3.54. The van der Waals surface area contributed by atoms with Gasteiger partial charge in [-0.05, 0) is 51.0 Å². The lowest BCUT2D eigenvalue weighted by Gasteiger charge is -2.34. The van der Waals surface area contributed by atoms with Crippen molar-refractivity contribution in [3.63, 3.8) is 0 Å². The number of aliphatic imine (C=N–C) groups is 1. The van der Waals surface area contributed by atoms with Crippen LogP contribution in [0.3, 0.4) is 0 Å². The standard InChI is InChI=1S/C16H23NOS/c1-10(2)12-8-16(11(3)7-13(12)18)9-15(4,5)17-14(16)19-6/h7-8,10H,9H2,1-6H3. The summed E-state index contributed by atoms with van der Waals surface area (Å²) in [5.41, 5.74) is 1.88. The molecule has 2 aliphatic rings. The molecule has 0 bridgehead atoms. The lowest BCUT2D eigenvalue weighted by molar-refractivity contribution is -0.112. The minimum Gasteiger partial charge on any atom is -0.290 e. The lowest BCUT2D eigenvalue weighted by atomic mass is 9.70. The van der Waals surface area contributed by atoms with Gasteiger partial charge in [0.05, 0.1) is 16.0 Å². The van der Waals surface area contributed by atoms with E-state index in [9.17, 15) is 4.79 Å². The lowest BCUT2D eigenvalue weighted by Crippen LogP contribution is -2.32. The maximum atomic E-state index is 12.2. The molecule has 1 aliphatic heterocycles. The van der Waals surface area contributed by atoms with Gasteiger partial charge in [-0.1, -0.05) is 25.5 Å². The molecule has 3 heteroatoms. The molecular formula is C16H23NOS. The minimum atomic E-state index is -0.142. The van der Waals surface area contributed by atoms with Crippen molar-refractivity contribution in [3.8, 4) is 0 Å². The van der Waals surface area contributed by atoms with E-state index in [2.05, 4.69) is 47.0 Å². The summed E-state index contributed by atoms with van der Waals surface area (Å²) in [6.07, 6.45) is 7.05. The molecule has 0 saturated carbocycles. The Labute approximate surface area is 120 Å². The second kappa shape index (κ2) is 4.62. The Bertz CT molecular complexity index is 511. The highest BCUT2D eigenvalue weighted by atomic mass is 32.2. The van der Waals surface area contributed by atoms with Gasteiger partial charge in [-0.2, -0.15) is 0 Å². The summed E-state index contributed by atoms with van der Waals surface area (Å²) in [5, 5.41) is 1.15. The van der Waals surface area contributed by atoms with Crippen LogP contribution in [0.4, 0.5) is 0 Å². The molecule has 1 unspecified atom stereocenters. The SMILES string of the molecule is CSC1=NC(C)(C)CC12C=C(C(C)C)C(=O)C=C2C. The molecule has 1 heterocycles. The van der Waals surface area contributed by atoms with Crippen LogP contribution >= 0.6 is 11.8 Å². The first kappa shape index (κ1) is 14.6. The van der Waals surface area contributed by atoms with Crippen LogP contribution in [0.15, 0.2) is 28.3 Å². The van der Waals surface area contributed by atoms with Gasteiger partial charge >= 0.3 is 0 Å². The average molecular weight is 277 g/mol. The highest BCUT2D eigenvalue weighted by Crippen LogP contribution is 2.51. The molecule has 0 saturated heterocycles. The van der Waals surface area contributed by atoms with Crippen molar-refractivity contribution in [2.75, 3.05) is 6.26 Å². The van der Waals surface area contributed by atoms with E-state index < -0.39 is 0 Å². The number of thioether (sulfide) groups is 1. The minimum absolute atomic E-state index is 0.0492. The summed E-state index contributed by atoms with van der Waals surface area (Å²) in [6.45, 7) is 10.6. The zero-order valence-electron chi connectivity index (χ0n) is 12.7. The van der Waals surface area contributed by atoms with Gasteiger partial charge in [0.15, 0.2) is 5.78 Å². The molecule has 0 aromatic heterocycles. The molecule has 104 valence electrons. The van der Waals surface area contributed by atoms with Crippen LogP contribution in [0.25, 0.3) is 0 Å². The monoisotopic (exact) mass is 277 g/mol. The molecule has 0 amide bonds. The Morgan fingerprint density at radius 2 is 2.00 bits per heavy atom. The van der Waals surface area contributed by atoms with Gasteiger partial charge in [-0.15, -0.1) is 11.8 Å². The molecular weight excluding hydrogens is 254 g/mol. The summed E-state index contributed by atoms with van der Waals surface area (Å²) < 4.78 is 0. The van der Waals surface area contributed by atoms with Gasteiger partial charge in [-0.3, -0.25) is 9.79 Å². The molecule has 2 nitrogen and oxygen atoms in total. The summed E-state index contributed by atoms with van der Waals surface area (Å²) in [5.74, 6) is 0.434. The highest BCUT2D eigenvalue weighted by Gasteiger charge is 2.48. The number of hydrogen-bond acceptors (Lipinski definition) is 3. The van der Waals surface area contributed by atoms with E-state index >= 15 is 0 Å². The van der Waals surface area contributed by atoms with E-state index in [4.69, 9.17) is 4.99 Å². The molecule has 0 N–H and O–H groups in total. The van der Waals surface area contributed by atoms with Crippen molar-refractivity contribution in [2.24, 2.45) is 16.3 Å². The number of rotatable bonds is 1. The van der Waals surface area contributed by atoms with Gasteiger partial charge in [0.1, 0.15) is 0 Å². The fraction of sp³-hybridized carbons (Fsp3) is 0.625. The molecule has 0 aromatic carbocycles. The Balaban J connectivity index is 2.57. The zero-order chi connectivity index (χ0) is 14.4. The first-order valence-corrected chi connectivity index (χ1v) is 8.04. The predicted octanol–water partition coefficient (Wildman–Crippen LogP) is 4.03. The van der Waals surface area contributed by atoms with Crippen molar-refractivity contribution in [3.05, 3.63) is 23.3 Å². The van der Waals surface area contributed by atoms with E-state index in [1.54, 1.807) is 11.8 Å². The second-order valence-electron chi connectivity index (χ2n) is 6.53. The highest BCUT2D eigenvalue weighted by molar-refractivity contribution is 8.13. The van der Waals surface area contributed by atoms with Crippen molar-refractivity contribution in [1.82, 2.24) is 0 Å². The van der Waals surface area contributed by atoms with Crippen LogP contribution in [0.2, 0.25) is 0 Å². The van der Waals surface area contributed by atoms with Crippen LogP contribution in [-0.2, 0) is 4.79 Å². The van der Waals surface area contributed by atoms with E-state index in [0.717, 1.165) is 22.6 Å². The summed E-state index contributed by atoms with van der Waals surface area (Å²) in [6, 6.07) is 0. The van der Waals surface area contributed by atoms with Crippen LogP contribution in [0, 0.1) is 11.3 Å². The third kappa shape index (κ3) is 2.33. The third-order valence-electron chi connectivity index (χ3n) is 4.05. The summed E-state index contributed by atoms with van der Waals surface area (Å²) in [7, 11) is 0. The van der Waals surface area contributed by atoms with Crippen LogP contribution < -0.4 is 0 Å². The predicted molar refractivity (Wildman–Crippen MR) is 83.8 cm³/mol. The normalized spacial score (nSPS) is 29.6. The first-order valence-electron chi connectivity index (χ1n) is 6.82. The maximum Gasteiger partial charge on any atom is 0.181 e. The first-order chi connectivity index (χ1) is 8.72. The number of nitrogens with zero attached hydrogens (tertiary/aromatic N) is 1. The van der Waals surface area contributed by atoms with E-state index in [-0.39, 0.29) is 22.7 Å². The molecule has 1 aliphatic carbocycles. The van der Waals surface area contributed by atoms with E-state index in [0.29, 0.717) is 0 Å². The van der Waals surface area contributed by atoms with Gasteiger partial charge in [0.25, 0.3) is 0 Å². The van der Waals surface area contributed by atoms with E-state index in [1.165, 1.54) is 0 Å². The fourth-order valence-electron chi connectivity index (χ4n) is 3.13. The van der Waals surface area contributed by atoms with Crippen molar-refractivity contribution in [2.45, 2.75) is 46.6 Å². The number of ketones is 1. The second-order valence-corrected chi connectivity index (χ2v) is 7.32. The number of carbonyl (C=O) groups is 1. The maximum absolute atomic E-state index is 12.2. The molecule has 0 aromatic rings. The number of allylic oxidation sites excluding steroid dienone is 4. The molecule has 0 radical (unpaired) electrons. The van der Waals surface area contributed by atoms with Crippen molar-refractivity contribution < 1.29 is 4.79 Å². The van der Waals surface area contributed by atoms with Crippen LogP contribution in [-0.4, -0.2) is 22.6 Å². The molecule has 2 rings (SSSR count). The summed E-state index contributed by atoms with van der Waals surface area (Å²) >= 11 is 1.71. The molecule has 1 atom stereocenters. The van der Waals surface area contributed by atoms with Crippen molar-refractivity contribution >= 4 is 22.6 Å². The smallest absolute Gasteiger partial charge is 0.181 e. The Hall–Kier alpha value is -0.830. The van der Waals surface area contributed by atoms with Gasteiger partial charge in [0, 0.05) is 0 Å². The van der Waals surface area contributed by atoms with Crippen molar-refractivity contribution in [1.29, 1.82) is 0 Å². The third-order valence-corrected chi connectivity index (χ3v) is 4.89. The molecule has 1 spiro atoms. The summed E-state index contributed by atoms with van der Waals surface area (Å²) in [4.78, 5) is 17.0. The topological polar surface area (TPSA) is 29.4 Å². The van der Waals surface area contributed by atoms with Crippen LogP contribution in [0.5, 0.6) is 0 Å². The Morgan fingerprint density at radius 1 is 1.37 bits per heavy atom. The largest absolute Gasteiger partial charge is 0.290 e. The Morgan fingerprint density at radius 3 is 2.53 bits per heavy atom. The van der Waals surface area contributed by atoms with Gasteiger partial charge < -0.3 is 0 Å². The molecule has 19 heavy (non-hydrogen) atoms. The van der Waals surface area contributed by atoms with Gasteiger partial charge in [0.2, 0.25) is 0 Å². The quantitative estimate of drug-likeness (QED) is 0.724. The molecule has 0 fully saturated rings. The number of carbonyl (C=O) groups excluding carboxylic acids is 1. The average Bonchev–Trinajstić information content (AvgIpc) is 2.55. The zero-order valence-corrected chi connectivity index (χ0v) is 13.5. The number of hydrogen-bond donors (Lipinski definition) is 0.